The number of hydrogen-bond acceptors (Lipinski definition) is 4. The lowest BCUT2D eigenvalue weighted by atomic mass is 10.2. The molecule has 2 heterocycles. The standard InChI is InChI=1S/C15H19N3O3/c1-11-2-3-12-13(10-11)21-15(20)18(12)7-4-14(19)17-8-5-16-6-9-17/h2-3,10,16H,4-9H2,1H3. The number of hydrogen-bond donors (Lipinski definition) is 1. The fraction of sp³-hybridized carbons (Fsp3) is 0.467. The van der Waals surface area contributed by atoms with Crippen molar-refractivity contribution in [1.82, 2.24) is 14.8 Å². The van der Waals surface area contributed by atoms with Gasteiger partial charge >= 0.3 is 5.76 Å². The number of amides is 1. The maximum absolute atomic E-state index is 12.1. The van der Waals surface area contributed by atoms with Crippen molar-refractivity contribution >= 4 is 17.0 Å². The summed E-state index contributed by atoms with van der Waals surface area (Å²) in [6.07, 6.45) is 0.322. The predicted molar refractivity (Wildman–Crippen MR) is 79.3 cm³/mol. The van der Waals surface area contributed by atoms with Gasteiger partial charge in [0.1, 0.15) is 0 Å². The number of nitrogens with zero attached hydrogens (tertiary/aromatic N) is 2. The van der Waals surface area contributed by atoms with Gasteiger partial charge in [0, 0.05) is 39.1 Å². The summed E-state index contributed by atoms with van der Waals surface area (Å²) in [6.45, 7) is 5.44. The highest BCUT2D eigenvalue weighted by Gasteiger charge is 2.17. The second kappa shape index (κ2) is 5.73. The minimum absolute atomic E-state index is 0.0878. The maximum Gasteiger partial charge on any atom is 0.419 e. The third-order valence-corrected chi connectivity index (χ3v) is 3.84. The predicted octanol–water partition coefficient (Wildman–Crippen LogP) is 0.725. The lowest BCUT2D eigenvalue weighted by molar-refractivity contribution is -0.132. The summed E-state index contributed by atoms with van der Waals surface area (Å²) < 4.78 is 6.77. The highest BCUT2D eigenvalue weighted by atomic mass is 16.4. The van der Waals surface area contributed by atoms with Crippen LogP contribution < -0.4 is 11.1 Å². The number of nitrogens with one attached hydrogen (secondary N) is 1. The van der Waals surface area contributed by atoms with Gasteiger partial charge in [0.25, 0.3) is 0 Å². The fourth-order valence-electron chi connectivity index (χ4n) is 2.67. The van der Waals surface area contributed by atoms with Crippen LogP contribution in [0.15, 0.2) is 27.4 Å². The van der Waals surface area contributed by atoms with Crippen LogP contribution in [0.2, 0.25) is 0 Å². The van der Waals surface area contributed by atoms with E-state index in [0.717, 1.165) is 37.3 Å². The molecule has 1 amide bonds. The third kappa shape index (κ3) is 2.85. The van der Waals surface area contributed by atoms with Gasteiger partial charge in [-0.2, -0.15) is 0 Å². The Bertz CT molecular complexity index is 711. The zero-order valence-corrected chi connectivity index (χ0v) is 12.1. The van der Waals surface area contributed by atoms with Crippen LogP contribution >= 0.6 is 0 Å². The topological polar surface area (TPSA) is 67.5 Å². The smallest absolute Gasteiger partial charge is 0.408 e. The van der Waals surface area contributed by atoms with Crippen molar-refractivity contribution < 1.29 is 9.21 Å². The van der Waals surface area contributed by atoms with Crippen molar-refractivity contribution in [2.45, 2.75) is 19.9 Å². The number of oxazole rings is 1. The Morgan fingerprint density at radius 2 is 2.10 bits per heavy atom. The number of piperazine rings is 1. The molecular formula is C15H19N3O3. The SMILES string of the molecule is Cc1ccc2c(c1)oc(=O)n2CCC(=O)N1CCNCC1. The highest BCUT2D eigenvalue weighted by molar-refractivity contribution is 5.77. The minimum Gasteiger partial charge on any atom is -0.408 e. The van der Waals surface area contributed by atoms with E-state index >= 15 is 0 Å². The number of aromatic nitrogens is 1. The summed E-state index contributed by atoms with van der Waals surface area (Å²) in [5.74, 6) is -0.312. The maximum atomic E-state index is 12.1. The van der Waals surface area contributed by atoms with Crippen LogP contribution in [0.1, 0.15) is 12.0 Å². The number of carbonyl (C=O) groups is 1. The normalized spacial score (nSPS) is 15.6. The molecule has 1 aromatic heterocycles. The summed E-state index contributed by atoms with van der Waals surface area (Å²) >= 11 is 0. The second-order valence-corrected chi connectivity index (χ2v) is 5.37. The average molecular weight is 289 g/mol. The van der Waals surface area contributed by atoms with Gasteiger partial charge < -0.3 is 14.6 Å². The molecule has 0 bridgehead atoms. The molecule has 6 heteroatoms. The molecule has 1 saturated heterocycles. The first-order valence-corrected chi connectivity index (χ1v) is 7.23. The van der Waals surface area contributed by atoms with Gasteiger partial charge in [0.05, 0.1) is 5.52 Å². The highest BCUT2D eigenvalue weighted by Crippen LogP contribution is 2.15. The van der Waals surface area contributed by atoms with E-state index in [9.17, 15) is 9.59 Å². The van der Waals surface area contributed by atoms with E-state index < -0.39 is 5.76 Å². The van der Waals surface area contributed by atoms with E-state index in [1.54, 1.807) is 0 Å². The molecule has 1 fully saturated rings. The summed E-state index contributed by atoms with van der Waals surface area (Å²) in [4.78, 5) is 25.9. The molecule has 1 aliphatic rings. The molecule has 3 rings (SSSR count). The summed E-state index contributed by atoms with van der Waals surface area (Å²) in [5.41, 5.74) is 2.37. The molecule has 0 radical (unpaired) electrons. The van der Waals surface area contributed by atoms with Crippen molar-refractivity contribution in [2.75, 3.05) is 26.2 Å². The Labute approximate surface area is 122 Å². The van der Waals surface area contributed by atoms with Gasteiger partial charge in [-0.3, -0.25) is 9.36 Å². The molecule has 1 aromatic carbocycles. The van der Waals surface area contributed by atoms with Gasteiger partial charge in [-0.05, 0) is 24.6 Å². The molecule has 0 aliphatic carbocycles. The van der Waals surface area contributed by atoms with Gasteiger partial charge in [-0.25, -0.2) is 4.79 Å². The largest absolute Gasteiger partial charge is 0.419 e. The van der Waals surface area contributed by atoms with Crippen molar-refractivity contribution in [1.29, 1.82) is 0 Å². The lowest BCUT2D eigenvalue weighted by Crippen LogP contribution is -2.46. The molecule has 6 nitrogen and oxygen atoms in total. The van der Waals surface area contributed by atoms with Gasteiger partial charge in [0.15, 0.2) is 5.58 Å². The first-order valence-electron chi connectivity index (χ1n) is 7.23. The van der Waals surface area contributed by atoms with Crippen LogP contribution in [0.5, 0.6) is 0 Å². The monoisotopic (exact) mass is 289 g/mol. The zero-order valence-electron chi connectivity index (χ0n) is 12.1. The average Bonchev–Trinajstić information content (AvgIpc) is 2.80. The summed E-state index contributed by atoms with van der Waals surface area (Å²) in [6, 6.07) is 5.64. The van der Waals surface area contributed by atoms with E-state index in [2.05, 4.69) is 5.32 Å². The summed E-state index contributed by atoms with van der Waals surface area (Å²) in [5, 5.41) is 3.21. The van der Waals surface area contributed by atoms with E-state index in [4.69, 9.17) is 4.42 Å². The molecule has 2 aromatic rings. The molecule has 1 N–H and O–H groups in total. The lowest BCUT2D eigenvalue weighted by Gasteiger charge is -2.27. The molecule has 1 aliphatic heterocycles. The minimum atomic E-state index is -0.399. The van der Waals surface area contributed by atoms with E-state index in [1.165, 1.54) is 4.57 Å². The van der Waals surface area contributed by atoms with E-state index in [-0.39, 0.29) is 5.91 Å². The molecule has 0 atom stereocenters. The fourth-order valence-corrected chi connectivity index (χ4v) is 2.67. The number of carbonyl (C=O) groups excluding carboxylic acids is 1. The van der Waals surface area contributed by atoms with Crippen molar-refractivity contribution in [3.8, 4) is 0 Å². The van der Waals surface area contributed by atoms with Gasteiger partial charge in [-0.1, -0.05) is 6.07 Å². The van der Waals surface area contributed by atoms with Crippen LogP contribution in [0.25, 0.3) is 11.1 Å². The van der Waals surface area contributed by atoms with Gasteiger partial charge in [0.2, 0.25) is 5.91 Å². The van der Waals surface area contributed by atoms with Crippen molar-refractivity contribution in [3.05, 3.63) is 34.3 Å². The van der Waals surface area contributed by atoms with Crippen molar-refractivity contribution in [3.63, 3.8) is 0 Å². The van der Waals surface area contributed by atoms with Crippen LogP contribution in [0, 0.1) is 6.92 Å². The number of rotatable bonds is 3. The quantitative estimate of drug-likeness (QED) is 0.904. The van der Waals surface area contributed by atoms with E-state index in [1.807, 2.05) is 30.0 Å². The Kier molecular flexibility index (Phi) is 3.79. The van der Waals surface area contributed by atoms with Crippen molar-refractivity contribution in [2.24, 2.45) is 0 Å². The van der Waals surface area contributed by atoms with Crippen LogP contribution in [-0.4, -0.2) is 41.6 Å². The zero-order chi connectivity index (χ0) is 14.8. The molecular weight excluding hydrogens is 270 g/mol. The Balaban J connectivity index is 1.74. The number of fused-ring (bicyclic) bond motifs is 1. The van der Waals surface area contributed by atoms with Crippen LogP contribution in [0.4, 0.5) is 0 Å². The Hall–Kier alpha value is -2.08. The molecule has 0 saturated carbocycles. The molecule has 0 spiro atoms. The number of benzene rings is 1. The van der Waals surface area contributed by atoms with Gasteiger partial charge in [-0.15, -0.1) is 0 Å². The van der Waals surface area contributed by atoms with Crippen LogP contribution in [-0.2, 0) is 11.3 Å². The second-order valence-electron chi connectivity index (χ2n) is 5.37. The number of aryl methyl sites for hydroxylation is 2. The summed E-state index contributed by atoms with van der Waals surface area (Å²) in [7, 11) is 0. The first-order chi connectivity index (χ1) is 10.1. The van der Waals surface area contributed by atoms with E-state index in [0.29, 0.717) is 18.5 Å². The molecule has 0 unspecified atom stereocenters. The van der Waals surface area contributed by atoms with Crippen LogP contribution in [0.3, 0.4) is 0 Å². The first kappa shape index (κ1) is 13.9. The third-order valence-electron chi connectivity index (χ3n) is 3.84. The Morgan fingerprint density at radius 1 is 1.33 bits per heavy atom. The Morgan fingerprint density at radius 3 is 2.86 bits per heavy atom. The molecule has 112 valence electrons. The molecule has 21 heavy (non-hydrogen) atoms.